The number of carbonyl (C=O) groups excluding carboxylic acids is 2. The Morgan fingerprint density at radius 1 is 1.15 bits per heavy atom. The maximum Gasteiger partial charge on any atom is 0.277 e. The molecule has 0 aliphatic heterocycles. The van der Waals surface area contributed by atoms with Crippen molar-refractivity contribution in [3.05, 3.63) is 57.8 Å². The van der Waals surface area contributed by atoms with Crippen molar-refractivity contribution in [3.63, 3.8) is 0 Å². The van der Waals surface area contributed by atoms with E-state index in [0.717, 1.165) is 0 Å². The fraction of sp³-hybridized carbons (Fsp3) is 0.400. The van der Waals surface area contributed by atoms with E-state index in [9.17, 15) is 9.59 Å². The predicted octanol–water partition coefficient (Wildman–Crippen LogP) is 1.73. The van der Waals surface area contributed by atoms with Gasteiger partial charge in [-0.2, -0.15) is 0 Å². The number of hydrogen-bond donors (Lipinski definition) is 2. The minimum absolute atomic E-state index is 0.0612. The quantitative estimate of drug-likeness (QED) is 0.739. The van der Waals surface area contributed by atoms with Crippen molar-refractivity contribution in [2.75, 3.05) is 27.2 Å². The van der Waals surface area contributed by atoms with Gasteiger partial charge in [0.1, 0.15) is 6.04 Å². The highest BCUT2D eigenvalue weighted by Gasteiger charge is 2.22. The van der Waals surface area contributed by atoms with Crippen LogP contribution in [-0.4, -0.2) is 43.9 Å². The molecule has 0 aliphatic rings. The van der Waals surface area contributed by atoms with Gasteiger partial charge in [-0.05, 0) is 22.9 Å². The summed E-state index contributed by atoms with van der Waals surface area (Å²) in [5, 5.41) is 6.63. The lowest BCUT2D eigenvalue weighted by atomic mass is 9.98. The van der Waals surface area contributed by atoms with E-state index in [-0.39, 0.29) is 24.4 Å². The van der Waals surface area contributed by atoms with Crippen LogP contribution in [0.3, 0.4) is 0 Å². The number of hydrogen-bond acceptors (Lipinski definition) is 3. The third-order valence-corrected chi connectivity index (χ3v) is 5.38. The topological polar surface area (TPSA) is 66.0 Å². The van der Waals surface area contributed by atoms with Crippen LogP contribution in [0.15, 0.2) is 41.8 Å². The SMILES string of the molecule is CNC(=O)CN(C)C(=O)C[NH2+][C@H](c1ccc(C(C)C)cc1)c1cccs1. The molecule has 3 N–H and O–H groups in total. The molecule has 140 valence electrons. The molecule has 0 aliphatic carbocycles. The van der Waals surface area contributed by atoms with Crippen LogP contribution in [0.1, 0.15) is 41.8 Å². The molecule has 1 atom stereocenters. The Bertz CT molecular complexity index is 711. The molecule has 0 spiro atoms. The smallest absolute Gasteiger partial charge is 0.277 e. The summed E-state index contributed by atoms with van der Waals surface area (Å²) in [5.41, 5.74) is 2.48. The Balaban J connectivity index is 2.09. The first kappa shape index (κ1) is 20.1. The van der Waals surface area contributed by atoms with Gasteiger partial charge in [0.15, 0.2) is 6.54 Å². The summed E-state index contributed by atoms with van der Waals surface area (Å²) < 4.78 is 0. The number of nitrogens with one attached hydrogen (secondary N) is 1. The third-order valence-electron chi connectivity index (χ3n) is 4.43. The third kappa shape index (κ3) is 5.41. The predicted molar refractivity (Wildman–Crippen MR) is 105 cm³/mol. The Hall–Kier alpha value is -2.18. The number of quaternary nitrogens is 1. The van der Waals surface area contributed by atoms with Crippen LogP contribution in [0.2, 0.25) is 0 Å². The van der Waals surface area contributed by atoms with Crippen molar-refractivity contribution >= 4 is 23.2 Å². The molecule has 1 heterocycles. The van der Waals surface area contributed by atoms with Crippen LogP contribution in [-0.2, 0) is 9.59 Å². The molecule has 2 aromatic rings. The van der Waals surface area contributed by atoms with Crippen molar-refractivity contribution in [3.8, 4) is 0 Å². The van der Waals surface area contributed by atoms with E-state index < -0.39 is 0 Å². The standard InChI is InChI=1S/C20H27N3O2S/c1-14(2)15-7-9-16(10-8-15)20(17-6-5-11-26-17)22-12-19(25)23(4)13-18(24)21-3/h5-11,14,20,22H,12-13H2,1-4H3,(H,21,24)/p+1/t20-/m1/s1. The van der Waals surface area contributed by atoms with Crippen molar-refractivity contribution in [1.82, 2.24) is 10.2 Å². The van der Waals surface area contributed by atoms with E-state index in [1.54, 1.807) is 25.4 Å². The van der Waals surface area contributed by atoms with Crippen molar-refractivity contribution < 1.29 is 14.9 Å². The molecule has 0 unspecified atom stereocenters. The second-order valence-corrected chi connectivity index (χ2v) is 7.66. The molecule has 2 amide bonds. The number of nitrogens with two attached hydrogens (primary N) is 1. The largest absolute Gasteiger partial charge is 0.358 e. The average molecular weight is 375 g/mol. The first-order valence-corrected chi connectivity index (χ1v) is 9.71. The van der Waals surface area contributed by atoms with Gasteiger partial charge in [-0.15, -0.1) is 11.3 Å². The van der Waals surface area contributed by atoms with Gasteiger partial charge in [0.2, 0.25) is 5.91 Å². The van der Waals surface area contributed by atoms with Gasteiger partial charge < -0.3 is 15.5 Å². The van der Waals surface area contributed by atoms with E-state index >= 15 is 0 Å². The Labute approximate surface area is 159 Å². The summed E-state index contributed by atoms with van der Waals surface area (Å²) >= 11 is 1.69. The number of benzene rings is 1. The first-order valence-electron chi connectivity index (χ1n) is 8.83. The second kappa shape index (κ2) is 9.50. The number of amides is 2. The number of likely N-dealkylation sites (N-methyl/N-ethyl adjacent to an activating group) is 2. The lowest BCUT2D eigenvalue weighted by Gasteiger charge is -2.19. The highest BCUT2D eigenvalue weighted by atomic mass is 32.1. The molecule has 6 heteroatoms. The van der Waals surface area contributed by atoms with Crippen LogP contribution in [0.4, 0.5) is 0 Å². The molecule has 1 aromatic carbocycles. The summed E-state index contributed by atoms with van der Waals surface area (Å²) in [6.45, 7) is 4.73. The van der Waals surface area contributed by atoms with Gasteiger partial charge in [0.25, 0.3) is 5.91 Å². The molecule has 26 heavy (non-hydrogen) atoms. The van der Waals surface area contributed by atoms with E-state index in [1.165, 1.54) is 20.9 Å². The second-order valence-electron chi connectivity index (χ2n) is 6.68. The summed E-state index contributed by atoms with van der Waals surface area (Å²) in [6.07, 6.45) is 0. The first-order chi connectivity index (χ1) is 12.4. The van der Waals surface area contributed by atoms with Gasteiger partial charge in [0.05, 0.1) is 11.4 Å². The molecule has 1 aromatic heterocycles. The molecule has 0 bridgehead atoms. The molecular weight excluding hydrogens is 346 g/mol. The van der Waals surface area contributed by atoms with Crippen molar-refractivity contribution in [2.45, 2.75) is 25.8 Å². The lowest BCUT2D eigenvalue weighted by Crippen LogP contribution is -2.87. The van der Waals surface area contributed by atoms with E-state index in [4.69, 9.17) is 0 Å². The van der Waals surface area contributed by atoms with Crippen LogP contribution in [0, 0.1) is 0 Å². The maximum absolute atomic E-state index is 12.4. The van der Waals surface area contributed by atoms with Gasteiger partial charge >= 0.3 is 0 Å². The van der Waals surface area contributed by atoms with E-state index in [0.29, 0.717) is 12.5 Å². The molecule has 5 nitrogen and oxygen atoms in total. The highest BCUT2D eigenvalue weighted by Crippen LogP contribution is 2.24. The van der Waals surface area contributed by atoms with Gasteiger partial charge in [-0.25, -0.2) is 0 Å². The summed E-state index contributed by atoms with van der Waals surface area (Å²) in [5.74, 6) is 0.266. The van der Waals surface area contributed by atoms with Crippen molar-refractivity contribution in [1.29, 1.82) is 0 Å². The molecular formula is C20H28N3O2S+. The van der Waals surface area contributed by atoms with E-state index in [1.807, 2.05) is 11.4 Å². The van der Waals surface area contributed by atoms with E-state index in [2.05, 4.69) is 54.9 Å². The summed E-state index contributed by atoms with van der Waals surface area (Å²) in [4.78, 5) is 26.5. The lowest BCUT2D eigenvalue weighted by molar-refractivity contribution is -0.676. The zero-order chi connectivity index (χ0) is 19.1. The summed E-state index contributed by atoms with van der Waals surface area (Å²) in [6, 6.07) is 12.8. The average Bonchev–Trinajstić information content (AvgIpc) is 3.16. The van der Waals surface area contributed by atoms with Crippen LogP contribution in [0.5, 0.6) is 0 Å². The van der Waals surface area contributed by atoms with Crippen LogP contribution < -0.4 is 10.6 Å². The summed E-state index contributed by atoms with van der Waals surface area (Å²) in [7, 11) is 3.23. The Morgan fingerprint density at radius 2 is 1.81 bits per heavy atom. The van der Waals surface area contributed by atoms with Gasteiger partial charge in [-0.3, -0.25) is 9.59 Å². The Morgan fingerprint density at radius 3 is 2.35 bits per heavy atom. The van der Waals surface area contributed by atoms with Crippen molar-refractivity contribution in [2.24, 2.45) is 0 Å². The zero-order valence-electron chi connectivity index (χ0n) is 15.9. The minimum atomic E-state index is -0.167. The van der Waals surface area contributed by atoms with Crippen LogP contribution in [0.25, 0.3) is 0 Å². The molecule has 0 saturated carbocycles. The number of carbonyl (C=O) groups is 2. The van der Waals surface area contributed by atoms with Crippen LogP contribution >= 0.6 is 11.3 Å². The highest BCUT2D eigenvalue weighted by molar-refractivity contribution is 7.10. The number of rotatable bonds is 8. The minimum Gasteiger partial charge on any atom is -0.358 e. The van der Waals surface area contributed by atoms with Gasteiger partial charge in [-0.1, -0.05) is 44.2 Å². The Kier molecular flexibility index (Phi) is 7.36. The zero-order valence-corrected chi connectivity index (χ0v) is 16.7. The number of thiophene rings is 1. The maximum atomic E-state index is 12.4. The number of nitrogens with zero attached hydrogens (tertiary/aromatic N) is 1. The fourth-order valence-electron chi connectivity index (χ4n) is 2.73. The molecule has 0 saturated heterocycles. The monoisotopic (exact) mass is 374 g/mol. The fourth-order valence-corrected chi connectivity index (χ4v) is 3.58. The molecule has 2 rings (SSSR count). The van der Waals surface area contributed by atoms with Gasteiger partial charge in [0, 0.05) is 19.7 Å². The molecule has 0 fully saturated rings. The normalized spacial score (nSPS) is 12.0. The molecule has 0 radical (unpaired) electrons.